The van der Waals surface area contributed by atoms with E-state index in [4.69, 9.17) is 18.9 Å². The molecule has 0 aliphatic carbocycles. The largest absolute Gasteiger partial charge is 0.497 e. The van der Waals surface area contributed by atoms with E-state index in [0.717, 1.165) is 28.2 Å². The maximum atomic E-state index is 6.61. The van der Waals surface area contributed by atoms with Crippen LogP contribution in [0.1, 0.15) is 23.6 Å². The van der Waals surface area contributed by atoms with E-state index in [9.17, 15) is 0 Å². The Kier molecular flexibility index (Phi) is 7.28. The van der Waals surface area contributed by atoms with E-state index >= 15 is 0 Å². The number of hydrogen-bond acceptors (Lipinski definition) is 4. The summed E-state index contributed by atoms with van der Waals surface area (Å²) in [5.41, 5.74) is 2.26. The molecule has 0 saturated carbocycles. The highest BCUT2D eigenvalue weighted by Crippen LogP contribution is 2.41. The second-order valence-electron chi connectivity index (χ2n) is 6.46. The van der Waals surface area contributed by atoms with Crippen LogP contribution in [-0.2, 0) is 15.1 Å². The minimum Gasteiger partial charge on any atom is -0.497 e. The standard InChI is InChI=1S/C25H27O4/c1-4-28-18-19-29-25(20-8-6-5-7-9-20,21-10-14-23(26-2)15-11-21)22-12-16-24(27-3)17-13-22/h4-17H,18-19H2,1-3H3. The van der Waals surface area contributed by atoms with Crippen LogP contribution in [0.3, 0.4) is 0 Å². The summed E-state index contributed by atoms with van der Waals surface area (Å²) in [4.78, 5) is 0. The smallest absolute Gasteiger partial charge is 0.143 e. The van der Waals surface area contributed by atoms with Gasteiger partial charge >= 0.3 is 0 Å². The second-order valence-corrected chi connectivity index (χ2v) is 6.46. The van der Waals surface area contributed by atoms with Crippen LogP contribution in [0.15, 0.2) is 78.9 Å². The van der Waals surface area contributed by atoms with Crippen molar-refractivity contribution in [2.45, 2.75) is 12.5 Å². The molecule has 0 spiro atoms. The lowest BCUT2D eigenvalue weighted by atomic mass is 9.80. The normalized spacial score (nSPS) is 11.3. The predicted molar refractivity (Wildman–Crippen MR) is 114 cm³/mol. The van der Waals surface area contributed by atoms with Gasteiger partial charge in [-0.25, -0.2) is 0 Å². The third-order valence-corrected chi connectivity index (χ3v) is 4.86. The molecule has 4 heteroatoms. The van der Waals surface area contributed by atoms with Gasteiger partial charge in [0.15, 0.2) is 0 Å². The van der Waals surface area contributed by atoms with E-state index < -0.39 is 5.60 Å². The molecule has 0 atom stereocenters. The van der Waals surface area contributed by atoms with Crippen LogP contribution in [-0.4, -0.2) is 27.4 Å². The van der Waals surface area contributed by atoms with E-state index in [-0.39, 0.29) is 0 Å². The molecule has 0 aromatic heterocycles. The lowest BCUT2D eigenvalue weighted by Gasteiger charge is -2.36. The Balaban J connectivity index is 2.15. The molecule has 0 saturated heterocycles. The van der Waals surface area contributed by atoms with E-state index in [1.165, 1.54) is 0 Å². The van der Waals surface area contributed by atoms with E-state index in [2.05, 4.69) is 12.1 Å². The van der Waals surface area contributed by atoms with Gasteiger partial charge in [0, 0.05) is 0 Å². The molecular weight excluding hydrogens is 364 g/mol. The van der Waals surface area contributed by atoms with Crippen molar-refractivity contribution in [2.75, 3.05) is 27.4 Å². The fourth-order valence-electron chi connectivity index (χ4n) is 3.44. The summed E-state index contributed by atoms with van der Waals surface area (Å²) in [5.74, 6) is 1.60. The fourth-order valence-corrected chi connectivity index (χ4v) is 3.44. The monoisotopic (exact) mass is 391 g/mol. The second kappa shape index (κ2) is 10.1. The average Bonchev–Trinajstić information content (AvgIpc) is 2.80. The third-order valence-electron chi connectivity index (χ3n) is 4.86. The molecule has 0 fully saturated rings. The molecule has 0 aliphatic heterocycles. The Labute approximate surface area is 173 Å². The Morgan fingerprint density at radius 1 is 0.655 bits per heavy atom. The van der Waals surface area contributed by atoms with Gasteiger partial charge in [-0.2, -0.15) is 0 Å². The van der Waals surface area contributed by atoms with Crippen molar-refractivity contribution in [2.24, 2.45) is 0 Å². The first kappa shape index (κ1) is 20.9. The van der Waals surface area contributed by atoms with E-state index in [1.54, 1.807) is 20.8 Å². The number of ether oxygens (including phenoxy) is 4. The van der Waals surface area contributed by atoms with Gasteiger partial charge in [-0.3, -0.25) is 0 Å². The molecule has 151 valence electrons. The van der Waals surface area contributed by atoms with Crippen molar-refractivity contribution in [3.63, 3.8) is 0 Å². The molecule has 3 aromatic carbocycles. The van der Waals surface area contributed by atoms with Crippen LogP contribution in [0.2, 0.25) is 0 Å². The first-order chi connectivity index (χ1) is 14.2. The molecule has 0 amide bonds. The Morgan fingerprint density at radius 2 is 1.14 bits per heavy atom. The summed E-state index contributed by atoms with van der Waals surface area (Å²) < 4.78 is 22.7. The first-order valence-electron chi connectivity index (χ1n) is 9.62. The van der Waals surface area contributed by atoms with Crippen LogP contribution < -0.4 is 9.47 Å². The van der Waals surface area contributed by atoms with Gasteiger partial charge < -0.3 is 18.9 Å². The van der Waals surface area contributed by atoms with E-state index in [0.29, 0.717) is 13.2 Å². The van der Waals surface area contributed by atoms with Gasteiger partial charge in [-0.15, -0.1) is 0 Å². The summed E-state index contributed by atoms with van der Waals surface area (Å²) >= 11 is 0. The molecule has 1 radical (unpaired) electrons. The first-order valence-corrected chi connectivity index (χ1v) is 9.62. The van der Waals surface area contributed by atoms with Crippen molar-refractivity contribution in [3.8, 4) is 11.5 Å². The maximum Gasteiger partial charge on any atom is 0.143 e. The highest BCUT2D eigenvalue weighted by atomic mass is 16.5. The van der Waals surface area contributed by atoms with Gasteiger partial charge in [0.2, 0.25) is 0 Å². The molecule has 0 aliphatic rings. The number of methoxy groups -OCH3 is 2. The van der Waals surface area contributed by atoms with Crippen LogP contribution in [0.5, 0.6) is 11.5 Å². The van der Waals surface area contributed by atoms with Gasteiger partial charge in [-0.05, 0) is 47.9 Å². The van der Waals surface area contributed by atoms with Crippen LogP contribution in [0.4, 0.5) is 0 Å². The zero-order valence-corrected chi connectivity index (χ0v) is 17.1. The quantitative estimate of drug-likeness (QED) is 0.351. The van der Waals surface area contributed by atoms with Gasteiger partial charge in [-0.1, -0.05) is 54.6 Å². The summed E-state index contributed by atoms with van der Waals surface area (Å²) in [5, 5.41) is 0. The summed E-state index contributed by atoms with van der Waals surface area (Å²) in [7, 11) is 3.33. The molecule has 29 heavy (non-hydrogen) atoms. The zero-order valence-electron chi connectivity index (χ0n) is 17.1. The minimum atomic E-state index is -0.795. The van der Waals surface area contributed by atoms with Crippen LogP contribution in [0, 0.1) is 6.61 Å². The van der Waals surface area contributed by atoms with Crippen molar-refractivity contribution < 1.29 is 18.9 Å². The number of hydrogen-bond donors (Lipinski definition) is 0. The fraction of sp³-hybridized carbons (Fsp3) is 0.240. The van der Waals surface area contributed by atoms with Gasteiger partial charge in [0.25, 0.3) is 0 Å². The predicted octanol–water partition coefficient (Wildman–Crippen LogP) is 5.21. The summed E-state index contributed by atoms with van der Waals surface area (Å²) in [6.07, 6.45) is 0. The molecule has 0 N–H and O–H groups in total. The molecule has 4 nitrogen and oxygen atoms in total. The highest BCUT2D eigenvalue weighted by Gasteiger charge is 2.37. The third kappa shape index (κ3) is 4.61. The van der Waals surface area contributed by atoms with Crippen molar-refractivity contribution in [1.82, 2.24) is 0 Å². The topological polar surface area (TPSA) is 36.9 Å². The van der Waals surface area contributed by atoms with Gasteiger partial charge in [0.05, 0.1) is 34.0 Å². The Hall–Kier alpha value is -2.82. The van der Waals surface area contributed by atoms with Crippen LogP contribution >= 0.6 is 0 Å². The van der Waals surface area contributed by atoms with Crippen molar-refractivity contribution in [3.05, 3.63) is 102 Å². The number of benzene rings is 3. The lowest BCUT2D eigenvalue weighted by molar-refractivity contribution is -0.0136. The summed E-state index contributed by atoms with van der Waals surface area (Å²) in [6, 6.07) is 26.2. The minimum absolute atomic E-state index is 0.428. The van der Waals surface area contributed by atoms with Gasteiger partial charge in [0.1, 0.15) is 17.1 Å². The van der Waals surface area contributed by atoms with Crippen molar-refractivity contribution in [1.29, 1.82) is 0 Å². The Morgan fingerprint density at radius 3 is 1.59 bits per heavy atom. The number of rotatable bonds is 10. The lowest BCUT2D eigenvalue weighted by Crippen LogP contribution is -2.34. The molecule has 0 unspecified atom stereocenters. The van der Waals surface area contributed by atoms with Crippen molar-refractivity contribution >= 4 is 0 Å². The average molecular weight is 391 g/mol. The molecule has 0 bridgehead atoms. The summed E-state index contributed by atoms with van der Waals surface area (Å²) in [6.45, 7) is 4.43. The Bertz CT molecular complexity index is 810. The van der Waals surface area contributed by atoms with Crippen LogP contribution in [0.25, 0.3) is 0 Å². The van der Waals surface area contributed by atoms with E-state index in [1.807, 2.05) is 73.7 Å². The molecule has 3 aromatic rings. The molecule has 3 rings (SSSR count). The zero-order chi connectivity index (χ0) is 20.5. The maximum absolute atomic E-state index is 6.61. The molecular formula is C25H27O4. The SMILES string of the molecule is C[CH]OCCOC(c1ccccc1)(c1ccc(OC)cc1)c1ccc(OC)cc1. The highest BCUT2D eigenvalue weighted by molar-refractivity contribution is 5.49. The molecule has 0 heterocycles.